The predicted molar refractivity (Wildman–Crippen MR) is 76.0 cm³/mol. The maximum atomic E-state index is 12.5. The minimum atomic E-state index is -0.167. The van der Waals surface area contributed by atoms with E-state index >= 15 is 0 Å². The fraction of sp³-hybridized carbons (Fsp3) is 0.0625. The summed E-state index contributed by atoms with van der Waals surface area (Å²) in [5.41, 5.74) is 1.89. The molecule has 0 saturated heterocycles. The Labute approximate surface area is 114 Å². The summed E-state index contributed by atoms with van der Waals surface area (Å²) in [4.78, 5) is 12.5. The molecule has 4 nitrogen and oxygen atoms in total. The minimum absolute atomic E-state index is 0.0954. The van der Waals surface area contributed by atoms with Crippen LogP contribution in [0.2, 0.25) is 0 Å². The van der Waals surface area contributed by atoms with Crippen LogP contribution in [0.4, 0.5) is 0 Å². The second kappa shape index (κ2) is 4.42. The second-order valence-electron chi connectivity index (χ2n) is 4.66. The van der Waals surface area contributed by atoms with E-state index in [1.807, 2.05) is 0 Å². The zero-order valence-electron chi connectivity index (χ0n) is 10.8. The van der Waals surface area contributed by atoms with Crippen LogP contribution in [0.3, 0.4) is 0 Å². The van der Waals surface area contributed by atoms with Crippen LogP contribution in [0, 0.1) is 6.92 Å². The number of aromatic hydroxyl groups is 2. The molecule has 3 rings (SSSR count). The molecule has 0 radical (unpaired) electrons. The summed E-state index contributed by atoms with van der Waals surface area (Å²) in [5, 5.41) is 19.3. The number of rotatable bonds is 1. The van der Waals surface area contributed by atoms with Gasteiger partial charge in [-0.3, -0.25) is 4.79 Å². The van der Waals surface area contributed by atoms with Crippen molar-refractivity contribution in [3.8, 4) is 22.6 Å². The molecule has 4 heteroatoms. The second-order valence-corrected chi connectivity index (χ2v) is 4.66. The Morgan fingerprint density at radius 3 is 2.45 bits per heavy atom. The van der Waals surface area contributed by atoms with Crippen LogP contribution in [-0.2, 0) is 0 Å². The van der Waals surface area contributed by atoms with E-state index in [4.69, 9.17) is 4.42 Å². The lowest BCUT2D eigenvalue weighted by Crippen LogP contribution is -2.04. The van der Waals surface area contributed by atoms with Gasteiger partial charge in [0.15, 0.2) is 0 Å². The normalized spacial score (nSPS) is 10.8. The monoisotopic (exact) mass is 268 g/mol. The quantitative estimate of drug-likeness (QED) is 0.711. The van der Waals surface area contributed by atoms with Crippen molar-refractivity contribution in [3.05, 3.63) is 58.4 Å². The zero-order chi connectivity index (χ0) is 14.3. The molecule has 2 aromatic carbocycles. The Balaban J connectivity index is 2.28. The van der Waals surface area contributed by atoms with Crippen LogP contribution in [0.1, 0.15) is 5.56 Å². The molecule has 0 aliphatic rings. The van der Waals surface area contributed by atoms with Crippen LogP contribution in [0.15, 0.2) is 51.9 Å². The lowest BCUT2D eigenvalue weighted by molar-refractivity contribution is 0.470. The number of benzene rings is 2. The van der Waals surface area contributed by atoms with Crippen molar-refractivity contribution >= 4 is 11.0 Å². The molecule has 0 aliphatic carbocycles. The Morgan fingerprint density at radius 1 is 1.05 bits per heavy atom. The number of hydrogen-bond donors (Lipinski definition) is 2. The standard InChI is InChI=1S/C16H12O4/c1-9-6-12-15(7-14(9)18)20-8-13(16(12)19)10-2-4-11(17)5-3-10/h2-8,17-18H,1H3. The van der Waals surface area contributed by atoms with Crippen LogP contribution in [0.25, 0.3) is 22.1 Å². The van der Waals surface area contributed by atoms with Gasteiger partial charge in [0.1, 0.15) is 23.3 Å². The number of phenols is 2. The van der Waals surface area contributed by atoms with Gasteiger partial charge >= 0.3 is 0 Å². The molecule has 3 aromatic rings. The van der Waals surface area contributed by atoms with Gasteiger partial charge < -0.3 is 14.6 Å². The molecule has 0 bridgehead atoms. The highest BCUT2D eigenvalue weighted by atomic mass is 16.3. The number of fused-ring (bicyclic) bond motifs is 1. The van der Waals surface area contributed by atoms with Crippen molar-refractivity contribution in [1.82, 2.24) is 0 Å². The molecule has 0 fully saturated rings. The smallest absolute Gasteiger partial charge is 0.200 e. The lowest BCUT2D eigenvalue weighted by atomic mass is 10.0. The van der Waals surface area contributed by atoms with E-state index in [0.29, 0.717) is 27.7 Å². The molecular weight excluding hydrogens is 256 g/mol. The zero-order valence-corrected chi connectivity index (χ0v) is 10.8. The molecule has 1 aromatic heterocycles. The van der Waals surface area contributed by atoms with Crippen molar-refractivity contribution in [3.63, 3.8) is 0 Å². The highest BCUT2D eigenvalue weighted by Gasteiger charge is 2.11. The maximum Gasteiger partial charge on any atom is 0.200 e. The van der Waals surface area contributed by atoms with E-state index in [0.717, 1.165) is 0 Å². The van der Waals surface area contributed by atoms with Crippen molar-refractivity contribution in [2.75, 3.05) is 0 Å². The average molecular weight is 268 g/mol. The van der Waals surface area contributed by atoms with E-state index in [-0.39, 0.29) is 16.9 Å². The Hall–Kier alpha value is -2.75. The fourth-order valence-electron chi connectivity index (χ4n) is 2.11. The van der Waals surface area contributed by atoms with E-state index < -0.39 is 0 Å². The largest absolute Gasteiger partial charge is 0.508 e. The first kappa shape index (κ1) is 12.3. The molecular formula is C16H12O4. The van der Waals surface area contributed by atoms with Crippen LogP contribution in [0.5, 0.6) is 11.5 Å². The van der Waals surface area contributed by atoms with Crippen molar-refractivity contribution in [2.45, 2.75) is 6.92 Å². The summed E-state index contributed by atoms with van der Waals surface area (Å²) in [6, 6.07) is 9.39. The summed E-state index contributed by atoms with van der Waals surface area (Å²) >= 11 is 0. The first-order valence-electron chi connectivity index (χ1n) is 6.11. The number of hydrogen-bond acceptors (Lipinski definition) is 4. The Kier molecular flexibility index (Phi) is 2.71. The first-order chi connectivity index (χ1) is 9.56. The maximum absolute atomic E-state index is 12.5. The average Bonchev–Trinajstić information content (AvgIpc) is 2.43. The van der Waals surface area contributed by atoms with E-state index in [1.54, 1.807) is 25.1 Å². The summed E-state index contributed by atoms with van der Waals surface area (Å²) in [5.74, 6) is 0.234. The lowest BCUT2D eigenvalue weighted by Gasteiger charge is -2.05. The summed E-state index contributed by atoms with van der Waals surface area (Å²) in [6.07, 6.45) is 1.37. The number of phenolic OH excluding ortho intramolecular Hbond substituents is 2. The van der Waals surface area contributed by atoms with Gasteiger partial charge in [0, 0.05) is 6.07 Å². The molecule has 0 saturated carbocycles. The molecule has 0 amide bonds. The molecule has 2 N–H and O–H groups in total. The topological polar surface area (TPSA) is 70.7 Å². The van der Waals surface area contributed by atoms with E-state index in [9.17, 15) is 15.0 Å². The van der Waals surface area contributed by atoms with Gasteiger partial charge in [-0.25, -0.2) is 0 Å². The van der Waals surface area contributed by atoms with Crippen LogP contribution >= 0.6 is 0 Å². The van der Waals surface area contributed by atoms with Gasteiger partial charge in [-0.15, -0.1) is 0 Å². The van der Waals surface area contributed by atoms with Gasteiger partial charge in [-0.1, -0.05) is 12.1 Å². The van der Waals surface area contributed by atoms with E-state index in [1.165, 1.54) is 24.5 Å². The highest BCUT2D eigenvalue weighted by Crippen LogP contribution is 2.26. The molecule has 20 heavy (non-hydrogen) atoms. The molecule has 0 spiro atoms. The third-order valence-corrected chi connectivity index (χ3v) is 3.27. The van der Waals surface area contributed by atoms with Gasteiger partial charge in [0.05, 0.1) is 10.9 Å². The van der Waals surface area contributed by atoms with E-state index in [2.05, 4.69) is 0 Å². The molecule has 0 aliphatic heterocycles. The Morgan fingerprint density at radius 2 is 1.75 bits per heavy atom. The van der Waals surface area contributed by atoms with Crippen molar-refractivity contribution < 1.29 is 14.6 Å². The van der Waals surface area contributed by atoms with Gasteiger partial charge in [0.25, 0.3) is 0 Å². The van der Waals surface area contributed by atoms with Crippen molar-refractivity contribution in [1.29, 1.82) is 0 Å². The fourth-order valence-corrected chi connectivity index (χ4v) is 2.11. The van der Waals surface area contributed by atoms with Crippen LogP contribution < -0.4 is 5.43 Å². The first-order valence-corrected chi connectivity index (χ1v) is 6.11. The predicted octanol–water partition coefficient (Wildman–Crippen LogP) is 3.18. The number of aryl methyl sites for hydroxylation is 1. The molecule has 1 heterocycles. The molecule has 100 valence electrons. The molecule has 0 atom stereocenters. The summed E-state index contributed by atoms with van der Waals surface area (Å²) in [6.45, 7) is 1.72. The minimum Gasteiger partial charge on any atom is -0.508 e. The van der Waals surface area contributed by atoms with Gasteiger partial charge in [-0.05, 0) is 36.2 Å². The summed E-state index contributed by atoms with van der Waals surface area (Å²) < 4.78 is 5.42. The van der Waals surface area contributed by atoms with Gasteiger partial charge in [0.2, 0.25) is 5.43 Å². The SMILES string of the molecule is Cc1cc2c(=O)c(-c3ccc(O)cc3)coc2cc1O. The third-order valence-electron chi connectivity index (χ3n) is 3.27. The third kappa shape index (κ3) is 1.91. The highest BCUT2D eigenvalue weighted by molar-refractivity contribution is 5.83. The molecule has 0 unspecified atom stereocenters. The summed E-state index contributed by atoms with van der Waals surface area (Å²) in [7, 11) is 0. The van der Waals surface area contributed by atoms with Gasteiger partial charge in [-0.2, -0.15) is 0 Å². The van der Waals surface area contributed by atoms with Crippen molar-refractivity contribution in [2.24, 2.45) is 0 Å². The Bertz CT molecular complexity index is 845. The van der Waals surface area contributed by atoms with Crippen LogP contribution in [-0.4, -0.2) is 10.2 Å².